The molecule has 4 rings (SSSR count). The molecule has 15 heteroatoms. The van der Waals surface area contributed by atoms with Gasteiger partial charge < -0.3 is 4.74 Å². The molecule has 2 aromatic rings. The fourth-order valence-electron chi connectivity index (χ4n) is 5.44. The largest absolute Gasteiger partial charge is 0.443 e. The zero-order valence-corrected chi connectivity index (χ0v) is 22.5. The van der Waals surface area contributed by atoms with Gasteiger partial charge in [-0.05, 0) is 69.0 Å². The normalized spacial score (nSPS) is 21.9. The van der Waals surface area contributed by atoms with Gasteiger partial charge in [0.15, 0.2) is 9.84 Å². The van der Waals surface area contributed by atoms with Crippen molar-refractivity contribution in [3.05, 3.63) is 65.0 Å². The molecular formula is C26H23F8NO5S. The number of hydrogen-bond acceptors (Lipinski definition) is 5. The van der Waals surface area contributed by atoms with Crippen LogP contribution in [0.3, 0.4) is 0 Å². The quantitative estimate of drug-likeness (QED) is 0.301. The number of aryl methyl sites for hydroxylation is 1. The van der Waals surface area contributed by atoms with Gasteiger partial charge in [-0.3, -0.25) is 4.79 Å². The summed E-state index contributed by atoms with van der Waals surface area (Å²) in [5.74, 6) is -1.85. The number of sulfone groups is 1. The van der Waals surface area contributed by atoms with Crippen molar-refractivity contribution in [2.24, 2.45) is 0 Å². The molecule has 1 fully saturated rings. The molecule has 0 unspecified atom stereocenters. The number of hydrogen-bond donors (Lipinski definition) is 0. The lowest BCUT2D eigenvalue weighted by Gasteiger charge is -2.42. The van der Waals surface area contributed by atoms with Crippen LogP contribution in [0, 0.1) is 5.82 Å². The second-order valence-electron chi connectivity index (χ2n) is 10.8. The molecule has 0 N–H and O–H groups in total. The van der Waals surface area contributed by atoms with E-state index in [9.17, 15) is 53.1 Å². The maximum absolute atomic E-state index is 14.9. The van der Waals surface area contributed by atoms with E-state index in [1.54, 1.807) is 0 Å². The van der Waals surface area contributed by atoms with E-state index in [2.05, 4.69) is 0 Å². The molecule has 0 aromatic heterocycles. The number of likely N-dealkylation sites (tertiary alicyclic amines) is 1. The van der Waals surface area contributed by atoms with Gasteiger partial charge in [0, 0.05) is 5.56 Å². The van der Waals surface area contributed by atoms with Crippen LogP contribution in [0.15, 0.2) is 47.4 Å². The lowest BCUT2D eigenvalue weighted by atomic mass is 9.77. The van der Waals surface area contributed by atoms with E-state index in [1.165, 1.54) is 20.8 Å². The highest BCUT2D eigenvalue weighted by molar-refractivity contribution is 7.92. The summed E-state index contributed by atoms with van der Waals surface area (Å²) >= 11 is 0. The summed E-state index contributed by atoms with van der Waals surface area (Å²) in [7, 11) is -4.81. The van der Waals surface area contributed by atoms with Crippen LogP contribution < -0.4 is 0 Å². The van der Waals surface area contributed by atoms with Crippen LogP contribution >= 0.6 is 0 Å². The molecule has 2 atom stereocenters. The third-order valence-electron chi connectivity index (χ3n) is 7.15. The van der Waals surface area contributed by atoms with Gasteiger partial charge in [0.25, 0.3) is 0 Å². The number of carbonyl (C=O) groups is 2. The molecule has 0 spiro atoms. The van der Waals surface area contributed by atoms with E-state index in [1.807, 2.05) is 0 Å². The number of fused-ring (bicyclic) bond motifs is 3. The average molecular weight is 614 g/mol. The van der Waals surface area contributed by atoms with Gasteiger partial charge in [-0.25, -0.2) is 26.9 Å². The van der Waals surface area contributed by atoms with Crippen LogP contribution in [0.1, 0.15) is 50.3 Å². The van der Waals surface area contributed by atoms with Crippen LogP contribution in [0.25, 0.3) is 0 Å². The number of amides is 2. The van der Waals surface area contributed by atoms with E-state index < -0.39 is 91.8 Å². The molecule has 1 aliphatic heterocycles. The number of ether oxygens (including phenoxy) is 1. The van der Waals surface area contributed by atoms with Gasteiger partial charge in [0.1, 0.15) is 16.2 Å². The molecule has 0 radical (unpaired) electrons. The summed E-state index contributed by atoms with van der Waals surface area (Å²) in [6, 6.07) is 2.92. The monoisotopic (exact) mass is 613 g/mol. The minimum absolute atomic E-state index is 0.171. The van der Waals surface area contributed by atoms with Crippen LogP contribution in [0.4, 0.5) is 39.9 Å². The maximum atomic E-state index is 14.9. The Labute approximate surface area is 229 Å². The second-order valence-corrected chi connectivity index (χ2v) is 13.1. The molecular weight excluding hydrogens is 590 g/mol. The Hall–Kier alpha value is -3.23. The van der Waals surface area contributed by atoms with Crippen molar-refractivity contribution in [2.45, 2.75) is 79.3 Å². The first kappa shape index (κ1) is 30.7. The van der Waals surface area contributed by atoms with E-state index in [-0.39, 0.29) is 23.3 Å². The molecule has 1 heterocycles. The van der Waals surface area contributed by atoms with E-state index >= 15 is 0 Å². The molecule has 2 amide bonds. The molecule has 1 saturated heterocycles. The standard InChI is InChI=1S/C26H23F8NO5S/c1-22(2,3)40-21(37)35-19-11-4-14-12-15(24(28,25(29,30)31)26(32,33)34)5-10-18(14)23(19,13-20(35)36)41(38,39)17-8-6-16(27)7-9-17/h5-10,12,19H,4,11,13H2,1-3H3/t19-,23-/m1/s1. The molecule has 2 aromatic carbocycles. The summed E-state index contributed by atoms with van der Waals surface area (Å²) in [6.07, 6.45) is -15.8. The van der Waals surface area contributed by atoms with Gasteiger partial charge in [0.2, 0.25) is 5.91 Å². The number of rotatable bonds is 3. The van der Waals surface area contributed by atoms with E-state index in [4.69, 9.17) is 4.74 Å². The Morgan fingerprint density at radius 1 is 0.951 bits per heavy atom. The SMILES string of the molecule is CC(C)(C)OC(=O)N1C(=O)C[C@@]2(S(=O)(=O)c3ccc(F)cc3)c3ccc(C(F)(C(F)(F)F)C(F)(F)F)cc3CC[C@@H]12. The minimum Gasteiger partial charge on any atom is -0.443 e. The number of halogens is 8. The summed E-state index contributed by atoms with van der Waals surface area (Å²) in [5.41, 5.74) is -9.49. The molecule has 2 aliphatic rings. The van der Waals surface area contributed by atoms with Crippen molar-refractivity contribution >= 4 is 21.8 Å². The number of nitrogens with zero attached hydrogens (tertiary/aromatic N) is 1. The minimum atomic E-state index is -6.41. The summed E-state index contributed by atoms with van der Waals surface area (Å²) in [6.45, 7) is 4.45. The Morgan fingerprint density at radius 2 is 1.51 bits per heavy atom. The zero-order valence-electron chi connectivity index (χ0n) is 21.7. The van der Waals surface area contributed by atoms with Crippen LogP contribution in [0.5, 0.6) is 0 Å². The average Bonchev–Trinajstić information content (AvgIpc) is 3.14. The van der Waals surface area contributed by atoms with Crippen LogP contribution in [-0.4, -0.2) is 49.3 Å². The highest BCUT2D eigenvalue weighted by atomic mass is 32.2. The molecule has 224 valence electrons. The first-order valence-corrected chi connectivity index (χ1v) is 13.6. The number of alkyl halides is 7. The summed E-state index contributed by atoms with van der Waals surface area (Å²) in [5, 5.41) is 0. The van der Waals surface area contributed by atoms with Gasteiger partial charge in [-0.1, -0.05) is 18.2 Å². The first-order chi connectivity index (χ1) is 18.6. The fourth-order valence-corrected chi connectivity index (χ4v) is 7.74. The van der Waals surface area contributed by atoms with Crippen molar-refractivity contribution in [3.8, 4) is 0 Å². The third-order valence-corrected chi connectivity index (χ3v) is 9.64. The predicted molar refractivity (Wildman–Crippen MR) is 126 cm³/mol. The number of carbonyl (C=O) groups excluding carboxylic acids is 2. The second kappa shape index (κ2) is 9.39. The fraction of sp³-hybridized carbons (Fsp3) is 0.462. The van der Waals surface area contributed by atoms with Gasteiger partial charge >= 0.3 is 24.1 Å². The summed E-state index contributed by atoms with van der Waals surface area (Å²) < 4.78 is 140. The number of imide groups is 1. The topological polar surface area (TPSA) is 80.8 Å². The molecule has 0 bridgehead atoms. The highest BCUT2D eigenvalue weighted by Gasteiger charge is 2.74. The Bertz CT molecular complexity index is 1480. The maximum Gasteiger partial charge on any atom is 0.435 e. The van der Waals surface area contributed by atoms with Crippen LogP contribution in [0.2, 0.25) is 0 Å². The Kier molecular flexibility index (Phi) is 7.04. The first-order valence-electron chi connectivity index (χ1n) is 12.1. The molecule has 41 heavy (non-hydrogen) atoms. The molecule has 1 aliphatic carbocycles. The third kappa shape index (κ3) is 4.65. The van der Waals surface area contributed by atoms with Crippen molar-refractivity contribution in [1.82, 2.24) is 4.90 Å². The lowest BCUT2D eigenvalue weighted by Crippen LogP contribution is -2.53. The molecule has 6 nitrogen and oxygen atoms in total. The van der Waals surface area contributed by atoms with Gasteiger partial charge in [-0.2, -0.15) is 26.3 Å². The zero-order chi connectivity index (χ0) is 31.0. The highest BCUT2D eigenvalue weighted by Crippen LogP contribution is 2.57. The Morgan fingerprint density at radius 3 is 2.02 bits per heavy atom. The van der Waals surface area contributed by atoms with Crippen molar-refractivity contribution < 1.29 is 57.9 Å². The molecule has 0 saturated carbocycles. The van der Waals surface area contributed by atoms with Gasteiger partial charge in [-0.15, -0.1) is 0 Å². The van der Waals surface area contributed by atoms with Gasteiger partial charge in [0.05, 0.1) is 17.4 Å². The van der Waals surface area contributed by atoms with Crippen molar-refractivity contribution in [3.63, 3.8) is 0 Å². The van der Waals surface area contributed by atoms with Crippen LogP contribution in [-0.2, 0) is 36.2 Å². The van der Waals surface area contributed by atoms with Crippen molar-refractivity contribution in [2.75, 3.05) is 0 Å². The smallest absolute Gasteiger partial charge is 0.435 e. The van der Waals surface area contributed by atoms with Crippen molar-refractivity contribution in [1.29, 1.82) is 0 Å². The summed E-state index contributed by atoms with van der Waals surface area (Å²) in [4.78, 5) is 26.3. The van der Waals surface area contributed by atoms with E-state index in [0.29, 0.717) is 11.0 Å². The van der Waals surface area contributed by atoms with E-state index in [0.717, 1.165) is 24.3 Å². The predicted octanol–water partition coefficient (Wildman–Crippen LogP) is 6.27. The lowest BCUT2D eigenvalue weighted by molar-refractivity contribution is -0.348. The Balaban J connectivity index is 1.98. The number of benzene rings is 2.